The van der Waals surface area contributed by atoms with Crippen LogP contribution < -0.4 is 9.47 Å². The van der Waals surface area contributed by atoms with E-state index in [9.17, 15) is 18.0 Å². The third-order valence-corrected chi connectivity index (χ3v) is 5.26. The summed E-state index contributed by atoms with van der Waals surface area (Å²) in [5.74, 6) is 0.301. The zero-order valence-electron chi connectivity index (χ0n) is 17.5. The summed E-state index contributed by atoms with van der Waals surface area (Å²) in [5, 5.41) is 4.44. The first-order valence-electron chi connectivity index (χ1n) is 9.93. The molecule has 4 rings (SSSR count). The molecule has 1 aromatic carbocycles. The standard InChI is InChI=1S/C22H21F3N4O3/c1-28-18(12-17(27-28)16-5-3-4-6-19(16)31-2)21(30)29-10-8-15(13-29)32-20-11-14(7-9-26-20)22(23,24)25/h3-7,9,11-12,15H,8,10,13H2,1-2H3. The molecule has 2 aromatic heterocycles. The monoisotopic (exact) mass is 446 g/mol. The van der Waals surface area contributed by atoms with Gasteiger partial charge < -0.3 is 14.4 Å². The molecule has 10 heteroatoms. The van der Waals surface area contributed by atoms with Gasteiger partial charge in [-0.2, -0.15) is 18.3 Å². The first kappa shape index (κ1) is 21.7. The van der Waals surface area contributed by atoms with Gasteiger partial charge in [0, 0.05) is 37.8 Å². The van der Waals surface area contributed by atoms with Gasteiger partial charge in [-0.3, -0.25) is 9.48 Å². The van der Waals surface area contributed by atoms with Gasteiger partial charge in [0.1, 0.15) is 17.5 Å². The Labute approximate surface area is 182 Å². The third-order valence-electron chi connectivity index (χ3n) is 5.26. The number of halogens is 3. The van der Waals surface area contributed by atoms with E-state index in [0.717, 1.165) is 23.9 Å². The molecule has 3 aromatic rings. The number of rotatable bonds is 5. The quantitative estimate of drug-likeness (QED) is 0.596. The normalized spacial score (nSPS) is 16.3. The minimum atomic E-state index is -4.47. The number of aromatic nitrogens is 3. The van der Waals surface area contributed by atoms with Gasteiger partial charge in [0.2, 0.25) is 5.88 Å². The topological polar surface area (TPSA) is 69.5 Å². The molecule has 3 heterocycles. The van der Waals surface area contributed by atoms with E-state index in [1.165, 1.54) is 4.68 Å². The van der Waals surface area contributed by atoms with Crippen LogP contribution in [0.1, 0.15) is 22.5 Å². The van der Waals surface area contributed by atoms with Gasteiger partial charge in [-0.15, -0.1) is 0 Å². The highest BCUT2D eigenvalue weighted by molar-refractivity contribution is 5.94. The fourth-order valence-electron chi connectivity index (χ4n) is 3.65. The number of benzene rings is 1. The number of carbonyl (C=O) groups is 1. The van der Waals surface area contributed by atoms with E-state index >= 15 is 0 Å². The summed E-state index contributed by atoms with van der Waals surface area (Å²) in [6.45, 7) is 0.656. The highest BCUT2D eigenvalue weighted by Gasteiger charge is 2.33. The van der Waals surface area contributed by atoms with E-state index in [1.807, 2.05) is 24.3 Å². The molecular weight excluding hydrogens is 425 g/mol. The van der Waals surface area contributed by atoms with E-state index in [4.69, 9.17) is 9.47 Å². The van der Waals surface area contributed by atoms with Crippen LogP contribution in [0.15, 0.2) is 48.7 Å². The number of amides is 1. The number of ether oxygens (including phenoxy) is 2. The fourth-order valence-corrected chi connectivity index (χ4v) is 3.65. The predicted octanol–water partition coefficient (Wildman–Crippen LogP) is 3.80. The lowest BCUT2D eigenvalue weighted by Gasteiger charge is -2.17. The lowest BCUT2D eigenvalue weighted by molar-refractivity contribution is -0.137. The van der Waals surface area contributed by atoms with Crippen molar-refractivity contribution in [1.82, 2.24) is 19.7 Å². The molecule has 168 valence electrons. The van der Waals surface area contributed by atoms with Crippen LogP contribution in [0.4, 0.5) is 13.2 Å². The van der Waals surface area contributed by atoms with Crippen molar-refractivity contribution >= 4 is 5.91 Å². The van der Waals surface area contributed by atoms with Crippen molar-refractivity contribution < 1.29 is 27.4 Å². The Bertz CT molecular complexity index is 1130. The molecule has 1 aliphatic rings. The summed E-state index contributed by atoms with van der Waals surface area (Å²) in [6.07, 6.45) is -3.37. The van der Waals surface area contributed by atoms with Crippen molar-refractivity contribution in [3.8, 4) is 22.9 Å². The van der Waals surface area contributed by atoms with Crippen LogP contribution in [0, 0.1) is 0 Å². The molecule has 1 aliphatic heterocycles. The molecule has 0 aliphatic carbocycles. The van der Waals surface area contributed by atoms with Crippen molar-refractivity contribution in [2.75, 3.05) is 20.2 Å². The minimum Gasteiger partial charge on any atom is -0.496 e. The van der Waals surface area contributed by atoms with Crippen LogP contribution in [-0.4, -0.2) is 51.9 Å². The lowest BCUT2D eigenvalue weighted by atomic mass is 10.1. The summed E-state index contributed by atoms with van der Waals surface area (Å²) < 4.78 is 51.2. The van der Waals surface area contributed by atoms with Crippen LogP contribution in [0.25, 0.3) is 11.3 Å². The summed E-state index contributed by atoms with van der Waals surface area (Å²) in [7, 11) is 3.25. The zero-order chi connectivity index (χ0) is 22.9. The first-order valence-corrected chi connectivity index (χ1v) is 9.93. The van der Waals surface area contributed by atoms with Crippen LogP contribution >= 0.6 is 0 Å². The van der Waals surface area contributed by atoms with Gasteiger partial charge in [-0.05, 0) is 24.3 Å². The Hall–Kier alpha value is -3.56. The van der Waals surface area contributed by atoms with Crippen molar-refractivity contribution in [2.45, 2.75) is 18.7 Å². The summed E-state index contributed by atoms with van der Waals surface area (Å²) >= 11 is 0. The molecule has 0 radical (unpaired) electrons. The van der Waals surface area contributed by atoms with E-state index in [1.54, 1.807) is 25.1 Å². The average molecular weight is 446 g/mol. The Morgan fingerprint density at radius 2 is 1.97 bits per heavy atom. The number of methoxy groups -OCH3 is 1. The molecule has 32 heavy (non-hydrogen) atoms. The number of hydrogen-bond donors (Lipinski definition) is 0. The van der Waals surface area contributed by atoms with Gasteiger partial charge in [-0.1, -0.05) is 12.1 Å². The molecule has 0 bridgehead atoms. The zero-order valence-corrected chi connectivity index (χ0v) is 17.5. The molecule has 1 atom stereocenters. The maximum Gasteiger partial charge on any atom is 0.416 e. The Morgan fingerprint density at radius 1 is 1.19 bits per heavy atom. The van der Waals surface area contributed by atoms with Crippen molar-refractivity contribution in [1.29, 1.82) is 0 Å². The summed E-state index contributed by atoms with van der Waals surface area (Å²) in [4.78, 5) is 18.5. The number of nitrogens with zero attached hydrogens (tertiary/aromatic N) is 4. The van der Waals surface area contributed by atoms with Gasteiger partial charge >= 0.3 is 6.18 Å². The predicted molar refractivity (Wildman–Crippen MR) is 109 cm³/mol. The molecule has 1 unspecified atom stereocenters. The number of carbonyl (C=O) groups excluding carboxylic acids is 1. The number of para-hydroxylation sites is 1. The maximum atomic E-state index is 13.1. The van der Waals surface area contributed by atoms with E-state index in [-0.39, 0.29) is 18.3 Å². The maximum absolute atomic E-state index is 13.1. The van der Waals surface area contributed by atoms with Gasteiger partial charge in [0.05, 0.1) is 24.9 Å². The van der Waals surface area contributed by atoms with E-state index in [0.29, 0.717) is 30.1 Å². The molecule has 0 saturated carbocycles. The van der Waals surface area contributed by atoms with Gasteiger partial charge in [-0.25, -0.2) is 4.98 Å². The second kappa shape index (κ2) is 8.52. The Kier molecular flexibility index (Phi) is 5.77. The minimum absolute atomic E-state index is 0.113. The van der Waals surface area contributed by atoms with E-state index < -0.39 is 17.8 Å². The molecule has 1 fully saturated rings. The number of hydrogen-bond acceptors (Lipinski definition) is 5. The highest BCUT2D eigenvalue weighted by atomic mass is 19.4. The number of alkyl halides is 3. The number of pyridine rings is 1. The second-order valence-corrected chi connectivity index (χ2v) is 7.40. The first-order chi connectivity index (χ1) is 15.3. The third kappa shape index (κ3) is 4.39. The van der Waals surface area contributed by atoms with E-state index in [2.05, 4.69) is 10.1 Å². The van der Waals surface area contributed by atoms with Crippen molar-refractivity contribution in [3.63, 3.8) is 0 Å². The Balaban J connectivity index is 1.46. The molecule has 7 nitrogen and oxygen atoms in total. The molecule has 1 saturated heterocycles. The summed E-state index contributed by atoms with van der Waals surface area (Å²) in [5.41, 5.74) is 0.937. The molecule has 0 spiro atoms. The summed E-state index contributed by atoms with van der Waals surface area (Å²) in [6, 6.07) is 10.8. The largest absolute Gasteiger partial charge is 0.496 e. The van der Waals surface area contributed by atoms with Crippen LogP contribution in [0.2, 0.25) is 0 Å². The van der Waals surface area contributed by atoms with Crippen molar-refractivity contribution in [3.05, 3.63) is 59.9 Å². The van der Waals surface area contributed by atoms with Crippen molar-refractivity contribution in [2.24, 2.45) is 7.05 Å². The van der Waals surface area contributed by atoms with Crippen LogP contribution in [0.5, 0.6) is 11.6 Å². The SMILES string of the molecule is COc1ccccc1-c1cc(C(=O)N2CCC(Oc3cc(C(F)(F)F)ccn3)C2)n(C)n1. The molecule has 0 N–H and O–H groups in total. The average Bonchev–Trinajstić information content (AvgIpc) is 3.39. The van der Waals surface area contributed by atoms with Gasteiger partial charge in [0.15, 0.2) is 0 Å². The van der Waals surface area contributed by atoms with Crippen LogP contribution in [-0.2, 0) is 13.2 Å². The fraction of sp³-hybridized carbons (Fsp3) is 0.318. The Morgan fingerprint density at radius 3 is 2.72 bits per heavy atom. The second-order valence-electron chi connectivity index (χ2n) is 7.40. The molecule has 1 amide bonds. The molecular formula is C22H21F3N4O3. The number of likely N-dealkylation sites (tertiary alicyclic amines) is 1. The smallest absolute Gasteiger partial charge is 0.416 e. The van der Waals surface area contributed by atoms with Crippen LogP contribution in [0.3, 0.4) is 0 Å². The lowest BCUT2D eigenvalue weighted by Crippen LogP contribution is -2.32. The number of aryl methyl sites for hydroxylation is 1. The van der Waals surface area contributed by atoms with Gasteiger partial charge in [0.25, 0.3) is 5.91 Å². The highest BCUT2D eigenvalue weighted by Crippen LogP contribution is 2.32.